The molecule has 1 saturated carbocycles. The van der Waals surface area contributed by atoms with Crippen LogP contribution in [0.3, 0.4) is 0 Å². The van der Waals surface area contributed by atoms with E-state index in [1.54, 1.807) is 0 Å². The van der Waals surface area contributed by atoms with E-state index in [1.165, 1.54) is 0 Å². The van der Waals surface area contributed by atoms with Crippen molar-refractivity contribution >= 4 is 5.97 Å². The van der Waals surface area contributed by atoms with Crippen LogP contribution in [-0.2, 0) is 9.53 Å². The molecule has 2 rings (SSSR count). The van der Waals surface area contributed by atoms with Gasteiger partial charge in [0.15, 0.2) is 0 Å². The smallest absolute Gasteiger partial charge is 0.550 e. The Hall–Kier alpha value is -0.650. The van der Waals surface area contributed by atoms with Crippen LogP contribution in [0, 0.1) is 23.7 Å². The Balaban J connectivity index is 0.00000392. The molecule has 0 aromatic heterocycles. The molecule has 152 valence electrons. The van der Waals surface area contributed by atoms with Crippen molar-refractivity contribution in [2.45, 2.75) is 82.5 Å². The molecule has 0 amide bonds. The first-order valence-electron chi connectivity index (χ1n) is 9.55. The van der Waals surface area contributed by atoms with Crippen molar-refractivity contribution in [3.8, 4) is 11.8 Å². The van der Waals surface area contributed by atoms with Gasteiger partial charge in [-0.2, -0.15) is 0 Å². The number of aliphatic carboxylic acids is 1. The Bertz CT molecular complexity index is 613. The molecule has 2 fully saturated rings. The molecule has 0 aromatic rings. The average molecular weight is 408 g/mol. The van der Waals surface area contributed by atoms with Gasteiger partial charge in [0.25, 0.3) is 5.92 Å². The van der Waals surface area contributed by atoms with Crippen LogP contribution in [0.15, 0.2) is 11.8 Å². The van der Waals surface area contributed by atoms with Crippen LogP contribution in [0.5, 0.6) is 0 Å². The van der Waals surface area contributed by atoms with E-state index in [4.69, 9.17) is 4.74 Å². The number of alkyl halides is 2. The zero-order valence-corrected chi connectivity index (χ0v) is 18.5. The maximum absolute atomic E-state index is 13.8. The summed E-state index contributed by atoms with van der Waals surface area (Å²) in [7, 11) is 0. The van der Waals surface area contributed by atoms with Gasteiger partial charge in [-0.05, 0) is 19.3 Å². The molecule has 0 bridgehead atoms. The van der Waals surface area contributed by atoms with Crippen molar-refractivity contribution < 1.29 is 63.2 Å². The fourth-order valence-electron chi connectivity index (χ4n) is 3.67. The summed E-state index contributed by atoms with van der Waals surface area (Å²) in [6.45, 7) is 2.07. The maximum Gasteiger partial charge on any atom is 1.00 e. The van der Waals surface area contributed by atoms with Crippen molar-refractivity contribution in [1.82, 2.24) is 0 Å². The third-order valence-corrected chi connectivity index (χ3v) is 5.10. The number of carbonyl (C=O) groups is 1. The second-order valence-corrected chi connectivity index (χ2v) is 7.40. The van der Waals surface area contributed by atoms with Gasteiger partial charge in [-0.3, -0.25) is 0 Å². The largest absolute Gasteiger partial charge is 1.00 e. The first kappa shape index (κ1) is 25.4. The fourth-order valence-corrected chi connectivity index (χ4v) is 3.67. The number of unbranched alkanes of at least 4 members (excludes halogenated alkanes) is 2. The first-order chi connectivity index (χ1) is 12.7. The first-order valence-corrected chi connectivity index (χ1v) is 9.55. The number of fused-ring (bicyclic) bond motifs is 1. The summed E-state index contributed by atoms with van der Waals surface area (Å²) >= 11 is 0. The third kappa shape index (κ3) is 7.64. The summed E-state index contributed by atoms with van der Waals surface area (Å²) in [6.07, 6.45) is 1.28. The molecule has 2 N–H and O–H groups in total. The van der Waals surface area contributed by atoms with Crippen LogP contribution in [0.1, 0.15) is 58.3 Å². The van der Waals surface area contributed by atoms with Gasteiger partial charge in [-0.25, -0.2) is 8.78 Å². The average Bonchev–Trinajstić information content (AvgIpc) is 3.07. The molecule has 5 atom stereocenters. The van der Waals surface area contributed by atoms with Crippen molar-refractivity contribution in [2.24, 2.45) is 11.8 Å². The molecule has 28 heavy (non-hydrogen) atoms. The van der Waals surface area contributed by atoms with Crippen molar-refractivity contribution in [3.63, 3.8) is 0 Å². The number of aliphatic hydroxyl groups is 2. The molecule has 1 heterocycles. The van der Waals surface area contributed by atoms with E-state index in [2.05, 4.69) is 18.8 Å². The van der Waals surface area contributed by atoms with E-state index >= 15 is 0 Å². The summed E-state index contributed by atoms with van der Waals surface area (Å²) in [5.74, 6) is 0.352. The Labute approximate surface area is 186 Å². The Morgan fingerprint density at radius 2 is 2.18 bits per heavy atom. The van der Waals surface area contributed by atoms with Gasteiger partial charge < -0.3 is 24.9 Å². The van der Waals surface area contributed by atoms with E-state index in [0.717, 1.165) is 19.3 Å². The number of hydrogen-bond acceptors (Lipinski definition) is 5. The minimum Gasteiger partial charge on any atom is -0.550 e. The number of rotatable bonds is 8. The molecule has 2 aliphatic rings. The topological polar surface area (TPSA) is 89.8 Å². The minimum absolute atomic E-state index is 0. The Kier molecular flexibility index (Phi) is 10.4. The summed E-state index contributed by atoms with van der Waals surface area (Å²) < 4.78 is 33.2. The summed E-state index contributed by atoms with van der Waals surface area (Å²) in [5, 5.41) is 30.5. The van der Waals surface area contributed by atoms with Crippen molar-refractivity contribution in [3.05, 3.63) is 11.8 Å². The normalized spacial score (nSPS) is 28.7. The molecule has 0 spiro atoms. The molecule has 0 aromatic carbocycles. The fraction of sp³-hybridized carbons (Fsp3) is 0.750. The van der Waals surface area contributed by atoms with Gasteiger partial charge in [-0.1, -0.05) is 31.6 Å². The zero-order valence-electron chi connectivity index (χ0n) is 16.5. The van der Waals surface area contributed by atoms with Crippen LogP contribution in [0.25, 0.3) is 0 Å². The molecule has 1 aliphatic heterocycles. The molecule has 1 saturated heterocycles. The molecular formula is C20H27F2NaO5. The van der Waals surface area contributed by atoms with Crippen LogP contribution >= 0.6 is 0 Å². The predicted octanol–water partition coefficient (Wildman–Crippen LogP) is -1.23. The summed E-state index contributed by atoms with van der Waals surface area (Å²) in [5.41, 5.74) is 0. The van der Waals surface area contributed by atoms with Crippen LogP contribution in [-0.4, -0.2) is 40.4 Å². The van der Waals surface area contributed by atoms with Gasteiger partial charge in [-0.15, -0.1) is 0 Å². The number of aliphatic hydroxyl groups excluding tert-OH is 2. The molecular weight excluding hydrogens is 381 g/mol. The van der Waals surface area contributed by atoms with Gasteiger partial charge in [0.2, 0.25) is 0 Å². The van der Waals surface area contributed by atoms with Crippen molar-refractivity contribution in [1.29, 1.82) is 0 Å². The third-order valence-electron chi connectivity index (χ3n) is 5.10. The monoisotopic (exact) mass is 408 g/mol. The Morgan fingerprint density at radius 3 is 2.82 bits per heavy atom. The minimum atomic E-state index is -3.29. The van der Waals surface area contributed by atoms with Crippen LogP contribution < -0.4 is 34.7 Å². The zero-order chi connectivity index (χ0) is 20.0. The molecule has 8 heteroatoms. The number of carboxylic acid groups (broad SMARTS) is 1. The Morgan fingerprint density at radius 1 is 1.46 bits per heavy atom. The number of halogens is 2. The number of carbonyl (C=O) groups excluding carboxylic acids is 1. The predicted molar refractivity (Wildman–Crippen MR) is 92.3 cm³/mol. The molecule has 1 aliphatic carbocycles. The van der Waals surface area contributed by atoms with E-state index in [0.29, 0.717) is 18.9 Å². The van der Waals surface area contributed by atoms with E-state index < -0.39 is 42.9 Å². The quantitative estimate of drug-likeness (QED) is 0.298. The van der Waals surface area contributed by atoms with Crippen molar-refractivity contribution in [2.75, 3.05) is 0 Å². The number of allylic oxidation sites excluding steroid dienone is 2. The van der Waals surface area contributed by atoms with Gasteiger partial charge in [0.05, 0.1) is 17.8 Å². The summed E-state index contributed by atoms with van der Waals surface area (Å²) in [6, 6.07) is 0. The second-order valence-electron chi connectivity index (χ2n) is 7.40. The van der Waals surface area contributed by atoms with E-state index in [1.807, 2.05) is 0 Å². The van der Waals surface area contributed by atoms with Gasteiger partial charge >= 0.3 is 29.6 Å². The van der Waals surface area contributed by atoms with E-state index in [-0.39, 0.29) is 53.8 Å². The van der Waals surface area contributed by atoms with Gasteiger partial charge in [0, 0.05) is 37.2 Å². The maximum atomic E-state index is 13.8. The SMILES string of the molecule is CCCCC[C@H](O)C#C[C@H]1[C@H](O)CC2O/C(=C\C(F)(F)CCC(=O)[O-])C[C@@H]21.[Na+]. The van der Waals surface area contributed by atoms with Crippen LogP contribution in [0.4, 0.5) is 8.78 Å². The molecule has 5 nitrogen and oxygen atoms in total. The number of carboxylic acids is 1. The summed E-state index contributed by atoms with van der Waals surface area (Å²) in [4.78, 5) is 10.4. The van der Waals surface area contributed by atoms with E-state index in [9.17, 15) is 28.9 Å². The number of hydrogen-bond donors (Lipinski definition) is 2. The standard InChI is InChI=1S/C20H28F2O5.Na/c1-2-3-4-5-13(23)6-7-15-16-10-14(27-18(16)11-17(15)24)12-20(21,22)9-8-19(25)26;/h12-13,15-18,23-24H,2-5,8-11H2,1H3,(H,25,26);/q;+1/p-1/b14-12-;/t13-,15+,16+,17+,18?;/m0./s1. The molecule has 1 unspecified atom stereocenters. The van der Waals surface area contributed by atoms with Crippen LogP contribution in [0.2, 0.25) is 0 Å². The van der Waals surface area contributed by atoms with Gasteiger partial charge in [0.1, 0.15) is 12.2 Å². The second kappa shape index (κ2) is 11.5. The molecule has 0 radical (unpaired) electrons. The number of ether oxygens (including phenoxy) is 1.